The number of aliphatic carboxylic acids is 1. The molecular weight excluding hydrogens is 428 g/mol. The zero-order valence-corrected chi connectivity index (χ0v) is 18.5. The molecule has 1 heterocycles. The number of H-pyrrole nitrogens is 1. The molecule has 3 aromatic carbocycles. The minimum Gasteiger partial charge on any atom is -0.479 e. The lowest BCUT2D eigenvalue weighted by atomic mass is 9.79. The molecule has 3 N–H and O–H groups in total. The maximum atomic E-state index is 12.9. The number of nitrogens with one attached hydrogen (secondary N) is 2. The van der Waals surface area contributed by atoms with Crippen molar-refractivity contribution in [3.8, 4) is 11.1 Å². The molecule has 1 unspecified atom stereocenters. The van der Waals surface area contributed by atoms with E-state index in [4.69, 9.17) is 4.74 Å². The number of hydrogen-bond acceptors (Lipinski definition) is 3. The van der Waals surface area contributed by atoms with Crippen LogP contribution in [0.2, 0.25) is 0 Å². The van der Waals surface area contributed by atoms with Crippen LogP contribution >= 0.6 is 0 Å². The van der Waals surface area contributed by atoms with Crippen molar-refractivity contribution in [1.29, 1.82) is 0 Å². The summed E-state index contributed by atoms with van der Waals surface area (Å²) in [4.78, 5) is 28.7. The Morgan fingerprint density at radius 1 is 0.971 bits per heavy atom. The molecule has 0 bridgehead atoms. The van der Waals surface area contributed by atoms with E-state index in [9.17, 15) is 14.7 Å². The number of para-hydroxylation sites is 1. The minimum absolute atomic E-state index is 0.0782. The molecule has 34 heavy (non-hydrogen) atoms. The van der Waals surface area contributed by atoms with Crippen LogP contribution in [0.25, 0.3) is 22.0 Å². The van der Waals surface area contributed by atoms with Crippen LogP contribution in [0.15, 0.2) is 72.8 Å². The van der Waals surface area contributed by atoms with E-state index in [0.717, 1.165) is 44.4 Å². The summed E-state index contributed by atoms with van der Waals surface area (Å²) in [6.45, 7) is 0.147. The third kappa shape index (κ3) is 3.17. The summed E-state index contributed by atoms with van der Waals surface area (Å²) in [5.41, 5.74) is 6.09. The first-order valence-corrected chi connectivity index (χ1v) is 11.5. The summed E-state index contributed by atoms with van der Waals surface area (Å²) in [7, 11) is 0. The predicted octanol–water partition coefficient (Wildman–Crippen LogP) is 5.02. The van der Waals surface area contributed by atoms with Crippen LogP contribution < -0.4 is 5.32 Å². The zero-order valence-electron chi connectivity index (χ0n) is 18.5. The van der Waals surface area contributed by atoms with Gasteiger partial charge < -0.3 is 20.1 Å². The number of fused-ring (bicyclic) bond motifs is 6. The quantitative estimate of drug-likeness (QED) is 0.406. The molecule has 0 aliphatic heterocycles. The van der Waals surface area contributed by atoms with Gasteiger partial charge in [-0.1, -0.05) is 66.7 Å². The second kappa shape index (κ2) is 7.76. The van der Waals surface area contributed by atoms with Gasteiger partial charge in [0.05, 0.1) is 0 Å². The highest BCUT2D eigenvalue weighted by Crippen LogP contribution is 2.44. The van der Waals surface area contributed by atoms with Gasteiger partial charge in [-0.15, -0.1) is 0 Å². The number of rotatable bonds is 4. The minimum atomic E-state index is -1.40. The van der Waals surface area contributed by atoms with E-state index >= 15 is 0 Å². The fourth-order valence-corrected chi connectivity index (χ4v) is 5.57. The molecule has 6 rings (SSSR count). The van der Waals surface area contributed by atoms with Crippen LogP contribution in [0.3, 0.4) is 0 Å². The monoisotopic (exact) mass is 452 g/mol. The van der Waals surface area contributed by atoms with Crippen molar-refractivity contribution in [2.75, 3.05) is 6.61 Å². The number of aromatic amines is 1. The number of aromatic nitrogens is 1. The Morgan fingerprint density at radius 2 is 1.62 bits per heavy atom. The van der Waals surface area contributed by atoms with Gasteiger partial charge in [0, 0.05) is 28.9 Å². The lowest BCUT2D eigenvalue weighted by molar-refractivity contribution is -0.145. The van der Waals surface area contributed by atoms with Crippen molar-refractivity contribution in [3.63, 3.8) is 0 Å². The van der Waals surface area contributed by atoms with Crippen molar-refractivity contribution in [1.82, 2.24) is 10.3 Å². The van der Waals surface area contributed by atoms with E-state index in [2.05, 4.69) is 34.6 Å². The van der Waals surface area contributed by atoms with Gasteiger partial charge in [-0.2, -0.15) is 0 Å². The molecule has 0 fully saturated rings. The highest BCUT2D eigenvalue weighted by Gasteiger charge is 2.44. The molecule has 170 valence electrons. The number of hydrogen-bond donors (Lipinski definition) is 3. The van der Waals surface area contributed by atoms with E-state index in [1.54, 1.807) is 0 Å². The Hall–Kier alpha value is -4.06. The zero-order chi connectivity index (χ0) is 23.3. The first-order valence-electron chi connectivity index (χ1n) is 11.5. The van der Waals surface area contributed by atoms with Crippen LogP contribution in [0.4, 0.5) is 4.79 Å². The standard InChI is InChI=1S/C28H24N2O4/c31-26(32)28(14-13-25-22(15-28)21-11-5-6-12-24(21)29-25)30-27(33)34-16-23-19-9-3-1-7-17(19)18-8-2-4-10-20(18)23/h1-12,23,29H,13-16H2,(H,30,33)(H,31,32). The average Bonchev–Trinajstić information content (AvgIpc) is 3.38. The first-order chi connectivity index (χ1) is 16.6. The topological polar surface area (TPSA) is 91.4 Å². The van der Waals surface area contributed by atoms with Crippen molar-refractivity contribution in [2.24, 2.45) is 0 Å². The van der Waals surface area contributed by atoms with Crippen LogP contribution in [-0.4, -0.2) is 34.3 Å². The molecule has 2 aliphatic carbocycles. The number of aryl methyl sites for hydroxylation is 1. The van der Waals surface area contributed by atoms with E-state index in [0.29, 0.717) is 12.8 Å². The molecule has 6 nitrogen and oxygen atoms in total. The molecule has 1 atom stereocenters. The molecule has 0 radical (unpaired) electrons. The molecule has 0 saturated carbocycles. The lowest BCUT2D eigenvalue weighted by Gasteiger charge is -2.33. The smallest absolute Gasteiger partial charge is 0.408 e. The summed E-state index contributed by atoms with van der Waals surface area (Å²) in [6.07, 6.45) is 0.352. The Kier molecular flexibility index (Phi) is 4.69. The third-order valence-corrected chi connectivity index (χ3v) is 7.28. The van der Waals surface area contributed by atoms with E-state index < -0.39 is 17.6 Å². The van der Waals surface area contributed by atoms with Crippen molar-refractivity contribution < 1.29 is 19.4 Å². The molecule has 6 heteroatoms. The normalized spacial score (nSPS) is 18.7. The Labute approximate surface area is 196 Å². The Balaban J connectivity index is 1.22. The van der Waals surface area contributed by atoms with Gasteiger partial charge in [0.15, 0.2) is 0 Å². The van der Waals surface area contributed by atoms with Crippen LogP contribution in [0.5, 0.6) is 0 Å². The van der Waals surface area contributed by atoms with Crippen LogP contribution in [-0.2, 0) is 22.4 Å². The van der Waals surface area contributed by atoms with E-state index in [1.807, 2.05) is 48.5 Å². The number of ether oxygens (including phenoxy) is 1. The Morgan fingerprint density at radius 3 is 2.32 bits per heavy atom. The van der Waals surface area contributed by atoms with Gasteiger partial charge >= 0.3 is 12.1 Å². The Bertz CT molecular complexity index is 1390. The van der Waals surface area contributed by atoms with Gasteiger partial charge in [-0.3, -0.25) is 0 Å². The van der Waals surface area contributed by atoms with Gasteiger partial charge in [0.1, 0.15) is 12.1 Å². The second-order valence-electron chi connectivity index (χ2n) is 9.14. The molecule has 4 aromatic rings. The van der Waals surface area contributed by atoms with Gasteiger partial charge in [0.25, 0.3) is 0 Å². The maximum Gasteiger partial charge on any atom is 0.408 e. The second-order valence-corrected chi connectivity index (χ2v) is 9.14. The molecule has 0 saturated heterocycles. The molecule has 2 aliphatic rings. The SMILES string of the molecule is O=C(NC1(C(=O)O)CCc2[nH]c3ccccc3c2C1)OCC1c2ccccc2-c2ccccc21. The number of carboxylic acid groups (broad SMARTS) is 1. The number of amides is 1. The number of carbonyl (C=O) groups is 2. The molecule has 1 amide bonds. The molecule has 0 spiro atoms. The summed E-state index contributed by atoms with van der Waals surface area (Å²) >= 11 is 0. The van der Waals surface area contributed by atoms with Gasteiger partial charge in [-0.25, -0.2) is 9.59 Å². The number of benzene rings is 3. The van der Waals surface area contributed by atoms with E-state index in [-0.39, 0.29) is 18.9 Å². The summed E-state index contributed by atoms with van der Waals surface area (Å²) in [5.74, 6) is -1.12. The largest absolute Gasteiger partial charge is 0.479 e. The highest BCUT2D eigenvalue weighted by molar-refractivity contribution is 5.90. The van der Waals surface area contributed by atoms with Gasteiger partial charge in [0.2, 0.25) is 0 Å². The lowest BCUT2D eigenvalue weighted by Crippen LogP contribution is -2.58. The van der Waals surface area contributed by atoms with Crippen molar-refractivity contribution in [3.05, 3.63) is 95.2 Å². The number of carbonyl (C=O) groups excluding carboxylic acids is 1. The first kappa shape index (κ1) is 20.5. The summed E-state index contributed by atoms with van der Waals surface area (Å²) in [5, 5.41) is 13.9. The van der Waals surface area contributed by atoms with E-state index in [1.165, 1.54) is 0 Å². The third-order valence-electron chi connectivity index (χ3n) is 7.28. The molecule has 1 aromatic heterocycles. The van der Waals surface area contributed by atoms with Crippen LogP contribution in [0.1, 0.15) is 34.7 Å². The van der Waals surface area contributed by atoms with Crippen LogP contribution in [0, 0.1) is 0 Å². The number of alkyl carbamates (subject to hydrolysis) is 1. The molecular formula is C28H24N2O4. The van der Waals surface area contributed by atoms with Crippen molar-refractivity contribution >= 4 is 23.0 Å². The van der Waals surface area contributed by atoms with Gasteiger partial charge in [-0.05, 0) is 46.7 Å². The summed E-state index contributed by atoms with van der Waals surface area (Å²) < 4.78 is 5.65. The number of carboxylic acids is 1. The predicted molar refractivity (Wildman–Crippen MR) is 129 cm³/mol. The fourth-order valence-electron chi connectivity index (χ4n) is 5.57. The van der Waals surface area contributed by atoms with Crippen molar-refractivity contribution in [2.45, 2.75) is 30.7 Å². The highest BCUT2D eigenvalue weighted by atomic mass is 16.5. The maximum absolute atomic E-state index is 12.9. The fraction of sp³-hybridized carbons (Fsp3) is 0.214. The summed E-state index contributed by atoms with van der Waals surface area (Å²) in [6, 6.07) is 24.1. The average molecular weight is 453 g/mol.